The van der Waals surface area contributed by atoms with Crippen LogP contribution < -0.4 is 4.74 Å². The predicted octanol–water partition coefficient (Wildman–Crippen LogP) is 4.05. The summed E-state index contributed by atoms with van der Waals surface area (Å²) in [6.07, 6.45) is 0.0130. The van der Waals surface area contributed by atoms with Crippen LogP contribution in [-0.4, -0.2) is 63.3 Å². The van der Waals surface area contributed by atoms with Gasteiger partial charge in [0.2, 0.25) is 0 Å². The van der Waals surface area contributed by atoms with Crippen LogP contribution in [0.2, 0.25) is 0 Å². The second-order valence-corrected chi connectivity index (χ2v) is 8.57. The first-order valence-corrected chi connectivity index (χ1v) is 11.1. The summed E-state index contributed by atoms with van der Waals surface area (Å²) < 4.78 is 23.3. The molecule has 0 atom stereocenters. The van der Waals surface area contributed by atoms with Gasteiger partial charge in [-0.05, 0) is 31.2 Å². The SMILES string of the molecule is COc1ccc(-n2nc(C3(F)CCN(C(=O)N(C)O)CC3)c(CO)c2-c2ccc(C)cc2)cc1. The lowest BCUT2D eigenvalue weighted by Crippen LogP contribution is -2.47. The maximum Gasteiger partial charge on any atom is 0.343 e. The zero-order valence-corrected chi connectivity index (χ0v) is 19.5. The summed E-state index contributed by atoms with van der Waals surface area (Å²) in [6, 6.07) is 14.5. The Morgan fingerprint density at radius 1 is 1.15 bits per heavy atom. The number of piperidine rings is 1. The summed E-state index contributed by atoms with van der Waals surface area (Å²) in [5, 5.41) is 25.0. The molecule has 4 rings (SSSR count). The van der Waals surface area contributed by atoms with Crippen molar-refractivity contribution in [3.63, 3.8) is 0 Å². The first kappa shape index (κ1) is 23.7. The molecule has 0 unspecified atom stereocenters. The number of hydrogen-bond donors (Lipinski definition) is 2. The first-order valence-electron chi connectivity index (χ1n) is 11.1. The van der Waals surface area contributed by atoms with Crippen LogP contribution in [0.15, 0.2) is 48.5 Å². The van der Waals surface area contributed by atoms with Gasteiger partial charge in [-0.15, -0.1) is 0 Å². The van der Waals surface area contributed by atoms with E-state index >= 15 is 4.39 Å². The van der Waals surface area contributed by atoms with E-state index in [-0.39, 0.29) is 38.2 Å². The van der Waals surface area contributed by atoms with E-state index in [2.05, 4.69) is 5.10 Å². The molecule has 2 N–H and O–H groups in total. The topological polar surface area (TPSA) is 91.1 Å². The van der Waals surface area contributed by atoms with E-state index in [1.165, 1.54) is 11.9 Å². The highest BCUT2D eigenvalue weighted by atomic mass is 19.1. The molecule has 2 heterocycles. The van der Waals surface area contributed by atoms with Gasteiger partial charge in [0.05, 0.1) is 25.1 Å². The van der Waals surface area contributed by atoms with Crippen molar-refractivity contribution in [2.45, 2.75) is 32.0 Å². The molecule has 34 heavy (non-hydrogen) atoms. The Labute approximate surface area is 197 Å². The molecular weight excluding hydrogens is 439 g/mol. The quantitative estimate of drug-likeness (QED) is 0.436. The molecule has 180 valence electrons. The normalized spacial score (nSPS) is 15.3. The van der Waals surface area contributed by atoms with Crippen molar-refractivity contribution in [3.8, 4) is 22.7 Å². The summed E-state index contributed by atoms with van der Waals surface area (Å²) in [5.41, 5.74) is 1.97. The van der Waals surface area contributed by atoms with Gasteiger partial charge < -0.3 is 14.7 Å². The Morgan fingerprint density at radius 2 is 1.76 bits per heavy atom. The van der Waals surface area contributed by atoms with E-state index < -0.39 is 11.7 Å². The number of aliphatic hydroxyl groups excluding tert-OH is 1. The molecular formula is C25H29FN4O4. The molecule has 0 radical (unpaired) electrons. The van der Waals surface area contributed by atoms with Crippen LogP contribution in [0.3, 0.4) is 0 Å². The van der Waals surface area contributed by atoms with E-state index in [0.29, 0.717) is 27.8 Å². The van der Waals surface area contributed by atoms with Crippen molar-refractivity contribution in [2.24, 2.45) is 0 Å². The average Bonchev–Trinajstić information content (AvgIpc) is 3.25. The molecule has 3 aromatic rings. The third kappa shape index (κ3) is 4.36. The number of ether oxygens (including phenoxy) is 1. The summed E-state index contributed by atoms with van der Waals surface area (Å²) in [4.78, 5) is 13.5. The summed E-state index contributed by atoms with van der Waals surface area (Å²) in [7, 11) is 2.83. The van der Waals surface area contributed by atoms with Gasteiger partial charge in [-0.25, -0.2) is 18.9 Å². The lowest BCUT2D eigenvalue weighted by atomic mass is 9.87. The fourth-order valence-electron chi connectivity index (χ4n) is 4.37. The minimum atomic E-state index is -1.83. The van der Waals surface area contributed by atoms with E-state index in [1.807, 2.05) is 43.3 Å². The lowest BCUT2D eigenvalue weighted by molar-refractivity contribution is -0.0425. The number of aryl methyl sites for hydroxylation is 1. The number of alkyl halides is 1. The Kier molecular flexibility index (Phi) is 6.58. The van der Waals surface area contributed by atoms with Gasteiger partial charge in [-0.3, -0.25) is 5.21 Å². The van der Waals surface area contributed by atoms with Gasteiger partial charge in [0.25, 0.3) is 0 Å². The molecule has 1 aromatic heterocycles. The maximum absolute atomic E-state index is 16.4. The summed E-state index contributed by atoms with van der Waals surface area (Å²) in [5.74, 6) is 0.684. The Morgan fingerprint density at radius 3 is 2.29 bits per heavy atom. The van der Waals surface area contributed by atoms with Crippen molar-refractivity contribution in [1.82, 2.24) is 19.7 Å². The molecule has 0 saturated carbocycles. The van der Waals surface area contributed by atoms with E-state index in [4.69, 9.17) is 4.74 Å². The third-order valence-electron chi connectivity index (χ3n) is 6.31. The number of carbonyl (C=O) groups is 1. The van der Waals surface area contributed by atoms with Crippen LogP contribution in [0.4, 0.5) is 9.18 Å². The number of hydrogen-bond acceptors (Lipinski definition) is 5. The average molecular weight is 469 g/mol. The second kappa shape index (κ2) is 9.44. The van der Waals surface area contributed by atoms with E-state index in [9.17, 15) is 15.1 Å². The lowest BCUT2D eigenvalue weighted by Gasteiger charge is -2.36. The van der Waals surface area contributed by atoms with E-state index in [0.717, 1.165) is 11.1 Å². The number of amides is 2. The number of benzene rings is 2. The minimum Gasteiger partial charge on any atom is -0.497 e. The number of likely N-dealkylation sites (tertiary alicyclic amines) is 1. The summed E-state index contributed by atoms with van der Waals surface area (Å²) in [6.45, 7) is 1.85. The van der Waals surface area contributed by atoms with Crippen molar-refractivity contribution in [1.29, 1.82) is 0 Å². The number of nitrogens with zero attached hydrogens (tertiary/aromatic N) is 4. The van der Waals surface area contributed by atoms with Crippen molar-refractivity contribution >= 4 is 6.03 Å². The van der Waals surface area contributed by atoms with Crippen LogP contribution >= 0.6 is 0 Å². The number of rotatable bonds is 5. The molecule has 8 nitrogen and oxygen atoms in total. The van der Waals surface area contributed by atoms with Crippen LogP contribution in [0.5, 0.6) is 5.75 Å². The highest BCUT2D eigenvalue weighted by Crippen LogP contribution is 2.42. The van der Waals surface area contributed by atoms with Gasteiger partial charge in [0, 0.05) is 44.1 Å². The fourth-order valence-corrected chi connectivity index (χ4v) is 4.37. The smallest absolute Gasteiger partial charge is 0.343 e. The van der Waals surface area contributed by atoms with Gasteiger partial charge >= 0.3 is 6.03 Å². The highest BCUT2D eigenvalue weighted by molar-refractivity contribution is 5.73. The molecule has 1 aliphatic heterocycles. The fraction of sp³-hybridized carbons (Fsp3) is 0.360. The second-order valence-electron chi connectivity index (χ2n) is 8.57. The monoisotopic (exact) mass is 468 g/mol. The maximum atomic E-state index is 16.4. The van der Waals surface area contributed by atoms with Gasteiger partial charge in [0.15, 0.2) is 5.67 Å². The predicted molar refractivity (Wildman–Crippen MR) is 125 cm³/mol. The van der Waals surface area contributed by atoms with Crippen molar-refractivity contribution < 1.29 is 24.2 Å². The minimum absolute atomic E-state index is 0.00649. The molecule has 0 bridgehead atoms. The molecule has 1 aliphatic rings. The number of halogens is 1. The van der Waals surface area contributed by atoms with E-state index in [1.54, 1.807) is 23.9 Å². The largest absolute Gasteiger partial charge is 0.497 e. The number of methoxy groups -OCH3 is 1. The zero-order chi connectivity index (χ0) is 24.5. The molecule has 2 aromatic carbocycles. The Bertz CT molecular complexity index is 1150. The van der Waals surface area contributed by atoms with Crippen molar-refractivity contribution in [2.75, 3.05) is 27.2 Å². The molecule has 1 fully saturated rings. The number of aromatic nitrogens is 2. The number of carbonyl (C=O) groups excluding carboxylic acids is 1. The Balaban J connectivity index is 1.80. The summed E-state index contributed by atoms with van der Waals surface area (Å²) >= 11 is 0. The molecule has 0 aliphatic carbocycles. The number of urea groups is 1. The first-order chi connectivity index (χ1) is 16.3. The number of hydroxylamine groups is 2. The zero-order valence-electron chi connectivity index (χ0n) is 19.5. The molecule has 9 heteroatoms. The molecule has 0 spiro atoms. The van der Waals surface area contributed by atoms with Crippen LogP contribution in [0, 0.1) is 6.92 Å². The standard InChI is InChI=1S/C25H29FN4O4/c1-17-4-6-18(7-5-17)22-21(16-31)23(27-30(22)19-8-10-20(34-3)11-9-19)25(26)12-14-29(15-13-25)24(32)28(2)33/h4-11,31,33H,12-16H2,1-3H3. The Hall–Kier alpha value is -3.43. The third-order valence-corrected chi connectivity index (χ3v) is 6.31. The van der Waals surface area contributed by atoms with Crippen LogP contribution in [-0.2, 0) is 12.3 Å². The molecule has 1 saturated heterocycles. The molecule has 2 amide bonds. The van der Waals surface area contributed by atoms with Gasteiger partial charge in [-0.2, -0.15) is 5.10 Å². The van der Waals surface area contributed by atoms with Gasteiger partial charge in [-0.1, -0.05) is 29.8 Å². The van der Waals surface area contributed by atoms with Crippen molar-refractivity contribution in [3.05, 3.63) is 65.4 Å². The number of aliphatic hydroxyl groups is 1. The van der Waals surface area contributed by atoms with Crippen LogP contribution in [0.25, 0.3) is 16.9 Å². The van der Waals surface area contributed by atoms with Crippen LogP contribution in [0.1, 0.15) is 29.7 Å². The highest BCUT2D eigenvalue weighted by Gasteiger charge is 2.43. The van der Waals surface area contributed by atoms with Gasteiger partial charge in [0.1, 0.15) is 11.4 Å².